The normalized spacial score (nSPS) is 13.5. The molecule has 0 fully saturated rings. The first-order chi connectivity index (χ1) is 16.6. The zero-order chi connectivity index (χ0) is 23.5. The molecule has 4 aromatic rings. The summed E-state index contributed by atoms with van der Waals surface area (Å²) in [6.07, 6.45) is 0.798. The van der Waals surface area contributed by atoms with Crippen molar-refractivity contribution in [3.8, 4) is 17.0 Å². The van der Waals surface area contributed by atoms with E-state index in [0.29, 0.717) is 25.2 Å². The predicted molar refractivity (Wildman–Crippen MR) is 129 cm³/mol. The fraction of sp³-hybridized carbons (Fsp3) is 0.214. The van der Waals surface area contributed by atoms with Crippen LogP contribution in [-0.2, 0) is 19.5 Å². The maximum Gasteiger partial charge on any atom is 0.176 e. The van der Waals surface area contributed by atoms with Crippen molar-refractivity contribution < 1.29 is 13.9 Å². The van der Waals surface area contributed by atoms with Gasteiger partial charge in [-0.1, -0.05) is 30.3 Å². The van der Waals surface area contributed by atoms with E-state index in [9.17, 15) is 9.18 Å². The highest BCUT2D eigenvalue weighted by Crippen LogP contribution is 2.31. The quantitative estimate of drug-likeness (QED) is 0.369. The molecular formula is C28H26FN3O2. The number of methoxy groups -OCH3 is 1. The monoisotopic (exact) mass is 455 g/mol. The van der Waals surface area contributed by atoms with Gasteiger partial charge >= 0.3 is 0 Å². The van der Waals surface area contributed by atoms with Gasteiger partial charge in [0.2, 0.25) is 0 Å². The van der Waals surface area contributed by atoms with Gasteiger partial charge < -0.3 is 4.74 Å². The lowest BCUT2D eigenvalue weighted by atomic mass is 10.00. The van der Waals surface area contributed by atoms with Gasteiger partial charge in [-0.15, -0.1) is 0 Å². The fourth-order valence-electron chi connectivity index (χ4n) is 4.48. The molecule has 0 saturated carbocycles. The van der Waals surface area contributed by atoms with Gasteiger partial charge in [0, 0.05) is 41.9 Å². The van der Waals surface area contributed by atoms with E-state index in [2.05, 4.69) is 21.7 Å². The Labute approximate surface area is 198 Å². The molecule has 1 aromatic heterocycles. The third-order valence-corrected chi connectivity index (χ3v) is 6.29. The van der Waals surface area contributed by atoms with Crippen LogP contribution in [0.25, 0.3) is 11.3 Å². The third kappa shape index (κ3) is 4.63. The molecule has 34 heavy (non-hydrogen) atoms. The zero-order valence-corrected chi connectivity index (χ0v) is 19.1. The molecule has 0 atom stereocenters. The van der Waals surface area contributed by atoms with Gasteiger partial charge in [-0.3, -0.25) is 14.4 Å². The number of nitrogens with zero attached hydrogens (tertiary/aromatic N) is 3. The highest BCUT2D eigenvalue weighted by molar-refractivity contribution is 5.97. The van der Waals surface area contributed by atoms with E-state index in [1.54, 1.807) is 31.4 Å². The Bertz CT molecular complexity index is 1280. The molecule has 0 saturated heterocycles. The van der Waals surface area contributed by atoms with E-state index in [4.69, 9.17) is 9.84 Å². The minimum atomic E-state index is -0.270. The van der Waals surface area contributed by atoms with E-state index in [1.807, 2.05) is 30.3 Å². The minimum Gasteiger partial charge on any atom is -0.497 e. The first-order valence-corrected chi connectivity index (χ1v) is 11.4. The van der Waals surface area contributed by atoms with Crippen molar-refractivity contribution in [1.29, 1.82) is 0 Å². The first kappa shape index (κ1) is 22.0. The minimum absolute atomic E-state index is 0.0751. The summed E-state index contributed by atoms with van der Waals surface area (Å²) >= 11 is 0. The Kier molecular flexibility index (Phi) is 6.23. The molecule has 0 N–H and O–H groups in total. The Balaban J connectivity index is 1.42. The molecule has 6 heteroatoms. The summed E-state index contributed by atoms with van der Waals surface area (Å²) < 4.78 is 20.8. The van der Waals surface area contributed by atoms with Gasteiger partial charge in [0.1, 0.15) is 11.6 Å². The number of fused-ring (bicyclic) bond motifs is 1. The molecule has 172 valence electrons. The van der Waals surface area contributed by atoms with E-state index in [1.165, 1.54) is 23.4 Å². The number of Topliss-reactive ketones (excluding diaryl/α,β-unsaturated/α-hetero) is 1. The number of aromatic nitrogens is 2. The van der Waals surface area contributed by atoms with Crippen molar-refractivity contribution in [3.63, 3.8) is 0 Å². The van der Waals surface area contributed by atoms with Crippen LogP contribution in [0.15, 0.2) is 78.9 Å². The van der Waals surface area contributed by atoms with Gasteiger partial charge in [-0.2, -0.15) is 5.10 Å². The van der Waals surface area contributed by atoms with E-state index >= 15 is 0 Å². The van der Waals surface area contributed by atoms with Crippen LogP contribution in [0.1, 0.15) is 27.2 Å². The summed E-state index contributed by atoms with van der Waals surface area (Å²) in [6.45, 7) is 2.41. The lowest BCUT2D eigenvalue weighted by Gasteiger charge is -2.27. The van der Waals surface area contributed by atoms with Crippen LogP contribution in [0.4, 0.5) is 4.39 Å². The number of ketones is 1. The van der Waals surface area contributed by atoms with Crippen molar-refractivity contribution >= 4 is 5.78 Å². The van der Waals surface area contributed by atoms with Gasteiger partial charge in [0.05, 0.1) is 25.9 Å². The summed E-state index contributed by atoms with van der Waals surface area (Å²) in [5.41, 5.74) is 5.87. The molecule has 0 spiro atoms. The van der Waals surface area contributed by atoms with Crippen LogP contribution in [-0.4, -0.2) is 40.7 Å². The summed E-state index contributed by atoms with van der Waals surface area (Å²) in [5, 5.41) is 4.95. The van der Waals surface area contributed by atoms with Gasteiger partial charge in [-0.25, -0.2) is 4.39 Å². The highest BCUT2D eigenvalue weighted by atomic mass is 19.1. The second kappa shape index (κ2) is 9.61. The first-order valence-electron chi connectivity index (χ1n) is 11.4. The van der Waals surface area contributed by atoms with Crippen LogP contribution in [0.5, 0.6) is 5.75 Å². The van der Waals surface area contributed by atoms with Crippen molar-refractivity contribution in [2.45, 2.75) is 19.5 Å². The molecule has 5 nitrogen and oxygen atoms in total. The Morgan fingerprint density at radius 2 is 1.74 bits per heavy atom. The molecule has 1 aliphatic rings. The van der Waals surface area contributed by atoms with Crippen LogP contribution in [0, 0.1) is 5.82 Å². The number of carbonyl (C=O) groups is 1. The average molecular weight is 456 g/mol. The molecule has 2 heterocycles. The van der Waals surface area contributed by atoms with Gasteiger partial charge in [0.15, 0.2) is 5.78 Å². The molecule has 0 radical (unpaired) electrons. The second-order valence-electron chi connectivity index (χ2n) is 8.54. The Morgan fingerprint density at radius 3 is 2.44 bits per heavy atom. The zero-order valence-electron chi connectivity index (χ0n) is 19.1. The third-order valence-electron chi connectivity index (χ3n) is 6.29. The molecule has 0 aliphatic carbocycles. The number of hydrogen-bond acceptors (Lipinski definition) is 4. The number of benzene rings is 3. The maximum absolute atomic E-state index is 13.6. The molecule has 3 aromatic carbocycles. The van der Waals surface area contributed by atoms with E-state index in [-0.39, 0.29) is 11.6 Å². The van der Waals surface area contributed by atoms with Crippen LogP contribution >= 0.6 is 0 Å². The molecule has 1 aliphatic heterocycles. The number of carbonyl (C=O) groups excluding carboxylic acids is 1. The van der Waals surface area contributed by atoms with Gasteiger partial charge in [-0.05, 0) is 54.1 Å². The molecule has 0 unspecified atom stereocenters. The number of hydrogen-bond donors (Lipinski definition) is 0. The standard InChI is InChI=1S/C28H26FN3O2/c1-34-24-13-9-21(10-14-24)27(33)19-31-16-15-26-25(18-31)28(22-7-11-23(29)12-8-22)30-32(26)17-20-5-3-2-4-6-20/h2-14H,15-19H2,1H3. The largest absolute Gasteiger partial charge is 0.497 e. The lowest BCUT2D eigenvalue weighted by molar-refractivity contribution is 0.0921. The Morgan fingerprint density at radius 1 is 1.00 bits per heavy atom. The summed E-state index contributed by atoms with van der Waals surface area (Å²) in [5.74, 6) is 0.535. The average Bonchev–Trinajstić information content (AvgIpc) is 3.22. The molecular weight excluding hydrogens is 429 g/mol. The summed E-state index contributed by atoms with van der Waals surface area (Å²) in [4.78, 5) is 15.1. The second-order valence-corrected chi connectivity index (χ2v) is 8.54. The van der Waals surface area contributed by atoms with Crippen molar-refractivity contribution in [2.24, 2.45) is 0 Å². The molecule has 0 amide bonds. The fourth-order valence-corrected chi connectivity index (χ4v) is 4.48. The molecule has 5 rings (SSSR count). The number of halogens is 1. The SMILES string of the molecule is COc1ccc(C(=O)CN2CCc3c(c(-c4ccc(F)cc4)nn3Cc3ccccc3)C2)cc1. The molecule has 0 bridgehead atoms. The highest BCUT2D eigenvalue weighted by Gasteiger charge is 2.27. The van der Waals surface area contributed by atoms with Crippen molar-refractivity contribution in [3.05, 3.63) is 107 Å². The predicted octanol–water partition coefficient (Wildman–Crippen LogP) is 4.99. The van der Waals surface area contributed by atoms with E-state index < -0.39 is 0 Å². The Hall–Kier alpha value is -3.77. The maximum atomic E-state index is 13.6. The lowest BCUT2D eigenvalue weighted by Crippen LogP contribution is -2.35. The number of rotatable bonds is 7. The topological polar surface area (TPSA) is 47.4 Å². The smallest absolute Gasteiger partial charge is 0.176 e. The number of ether oxygens (including phenoxy) is 1. The summed E-state index contributed by atoms with van der Waals surface area (Å²) in [6, 6.07) is 23.9. The van der Waals surface area contributed by atoms with Crippen LogP contribution < -0.4 is 4.74 Å². The van der Waals surface area contributed by atoms with Crippen LogP contribution in [0.3, 0.4) is 0 Å². The van der Waals surface area contributed by atoms with Crippen molar-refractivity contribution in [1.82, 2.24) is 14.7 Å². The summed E-state index contributed by atoms with van der Waals surface area (Å²) in [7, 11) is 1.61. The van der Waals surface area contributed by atoms with Crippen LogP contribution in [0.2, 0.25) is 0 Å². The van der Waals surface area contributed by atoms with Gasteiger partial charge in [0.25, 0.3) is 0 Å². The van der Waals surface area contributed by atoms with Crippen molar-refractivity contribution in [2.75, 3.05) is 20.2 Å². The van der Waals surface area contributed by atoms with E-state index in [0.717, 1.165) is 35.5 Å².